The number of aromatic nitrogens is 3. The smallest absolute Gasteiger partial charge is 0.234 e. The first kappa shape index (κ1) is 20.8. The van der Waals surface area contributed by atoms with E-state index in [4.69, 9.17) is 13.9 Å². The Morgan fingerprint density at radius 3 is 2.72 bits per heavy atom. The van der Waals surface area contributed by atoms with Gasteiger partial charge in [0, 0.05) is 12.6 Å². The van der Waals surface area contributed by atoms with Crippen LogP contribution in [-0.4, -0.2) is 40.6 Å². The minimum absolute atomic E-state index is 0.173. The molecular formula is C20H24N4O4S. The minimum Gasteiger partial charge on any atom is -0.497 e. The zero-order chi connectivity index (χ0) is 20.8. The number of ether oxygens (including phenoxy) is 2. The third-order valence-corrected chi connectivity index (χ3v) is 5.24. The van der Waals surface area contributed by atoms with Gasteiger partial charge in [-0.1, -0.05) is 18.7 Å². The first-order valence-electron chi connectivity index (χ1n) is 9.19. The number of hydrogen-bond donors (Lipinski definition) is 1. The van der Waals surface area contributed by atoms with Gasteiger partial charge in [0.05, 0.1) is 37.5 Å². The lowest BCUT2D eigenvalue weighted by Gasteiger charge is -2.12. The number of furan rings is 1. The quantitative estimate of drug-likeness (QED) is 0.527. The summed E-state index contributed by atoms with van der Waals surface area (Å²) in [6, 6.07) is 7.12. The second kappa shape index (κ2) is 9.51. The van der Waals surface area contributed by atoms with Gasteiger partial charge in [0.2, 0.25) is 5.91 Å². The fourth-order valence-corrected chi connectivity index (χ4v) is 3.63. The maximum absolute atomic E-state index is 12.5. The molecule has 2 aromatic heterocycles. The van der Waals surface area contributed by atoms with Crippen molar-refractivity contribution in [2.24, 2.45) is 0 Å². The summed E-state index contributed by atoms with van der Waals surface area (Å²) in [5, 5.41) is 12.1. The molecule has 0 aliphatic carbocycles. The molecule has 0 bridgehead atoms. The molecule has 0 spiro atoms. The molecule has 0 unspecified atom stereocenters. The molecule has 29 heavy (non-hydrogen) atoms. The number of rotatable bonds is 9. The fourth-order valence-electron chi connectivity index (χ4n) is 2.86. The molecule has 2 heterocycles. The molecule has 1 aromatic carbocycles. The van der Waals surface area contributed by atoms with Crippen LogP contribution in [0.25, 0.3) is 11.4 Å². The number of hydrogen-bond acceptors (Lipinski definition) is 7. The van der Waals surface area contributed by atoms with Crippen LogP contribution in [0.4, 0.5) is 5.69 Å². The molecule has 3 aromatic rings. The van der Waals surface area contributed by atoms with Gasteiger partial charge < -0.3 is 23.8 Å². The molecule has 1 N–H and O–H groups in total. The normalized spacial score (nSPS) is 10.8. The van der Waals surface area contributed by atoms with Crippen molar-refractivity contribution in [2.75, 3.05) is 25.3 Å². The van der Waals surface area contributed by atoms with E-state index < -0.39 is 0 Å². The highest BCUT2D eigenvalue weighted by atomic mass is 32.2. The number of benzene rings is 1. The highest BCUT2D eigenvalue weighted by molar-refractivity contribution is 7.99. The van der Waals surface area contributed by atoms with Crippen LogP contribution in [0.2, 0.25) is 0 Å². The molecule has 0 saturated heterocycles. The predicted molar refractivity (Wildman–Crippen MR) is 112 cm³/mol. The Morgan fingerprint density at radius 2 is 2.07 bits per heavy atom. The van der Waals surface area contributed by atoms with Crippen molar-refractivity contribution in [3.05, 3.63) is 36.3 Å². The van der Waals surface area contributed by atoms with E-state index in [1.807, 2.05) is 17.6 Å². The summed E-state index contributed by atoms with van der Waals surface area (Å²) >= 11 is 1.34. The van der Waals surface area contributed by atoms with Gasteiger partial charge in [-0.3, -0.25) is 4.79 Å². The second-order valence-corrected chi connectivity index (χ2v) is 7.19. The summed E-state index contributed by atoms with van der Waals surface area (Å²) in [7, 11) is 3.13. The summed E-state index contributed by atoms with van der Waals surface area (Å²) in [6.45, 7) is 4.73. The third kappa shape index (κ3) is 4.73. The maximum Gasteiger partial charge on any atom is 0.234 e. The Bertz CT molecular complexity index is 983. The van der Waals surface area contributed by atoms with Crippen molar-refractivity contribution in [3.63, 3.8) is 0 Å². The molecule has 0 fully saturated rings. The number of carbonyl (C=O) groups is 1. The van der Waals surface area contributed by atoms with Crippen molar-refractivity contribution in [1.82, 2.24) is 14.8 Å². The number of nitrogens with one attached hydrogen (secondary N) is 1. The third-order valence-electron chi connectivity index (χ3n) is 4.28. The largest absolute Gasteiger partial charge is 0.497 e. The molecule has 0 aliphatic rings. The average molecular weight is 417 g/mol. The van der Waals surface area contributed by atoms with Crippen LogP contribution < -0.4 is 14.8 Å². The monoisotopic (exact) mass is 416 g/mol. The van der Waals surface area contributed by atoms with E-state index in [1.54, 1.807) is 38.7 Å². The van der Waals surface area contributed by atoms with Gasteiger partial charge in [0.25, 0.3) is 0 Å². The first-order valence-corrected chi connectivity index (χ1v) is 10.2. The maximum atomic E-state index is 12.5. The van der Waals surface area contributed by atoms with Crippen LogP contribution >= 0.6 is 11.8 Å². The van der Waals surface area contributed by atoms with Gasteiger partial charge in [0.1, 0.15) is 17.3 Å². The highest BCUT2D eigenvalue weighted by Crippen LogP contribution is 2.30. The van der Waals surface area contributed by atoms with Gasteiger partial charge in [0.15, 0.2) is 11.0 Å². The first-order chi connectivity index (χ1) is 14.1. The predicted octanol–water partition coefficient (Wildman–Crippen LogP) is 4.00. The number of thioether (sulfide) groups is 1. The van der Waals surface area contributed by atoms with Crippen molar-refractivity contribution < 1.29 is 18.7 Å². The van der Waals surface area contributed by atoms with Crippen LogP contribution in [0.15, 0.2) is 40.1 Å². The van der Waals surface area contributed by atoms with E-state index in [0.29, 0.717) is 22.3 Å². The SMILES string of the molecule is CCCn1c(SCC(=O)Nc2cc(OC)ccc2OC)nnc1-c1ccoc1C. The fraction of sp³-hybridized carbons (Fsp3) is 0.350. The summed E-state index contributed by atoms with van der Waals surface area (Å²) < 4.78 is 17.9. The molecule has 0 radical (unpaired) electrons. The van der Waals surface area contributed by atoms with Gasteiger partial charge in [-0.25, -0.2) is 0 Å². The Morgan fingerprint density at radius 1 is 1.24 bits per heavy atom. The van der Waals surface area contributed by atoms with Crippen LogP contribution in [0.5, 0.6) is 11.5 Å². The summed E-state index contributed by atoms with van der Waals surface area (Å²) in [4.78, 5) is 12.5. The number of methoxy groups -OCH3 is 2. The minimum atomic E-state index is -0.173. The molecule has 0 atom stereocenters. The Hall–Kier alpha value is -2.94. The van der Waals surface area contributed by atoms with Crippen LogP contribution in [0.3, 0.4) is 0 Å². The number of amides is 1. The van der Waals surface area contributed by atoms with Crippen LogP contribution in [-0.2, 0) is 11.3 Å². The van der Waals surface area contributed by atoms with Crippen LogP contribution in [0, 0.1) is 6.92 Å². The standard InChI is InChI=1S/C20H24N4O4S/c1-5-9-24-19(15-8-10-28-13(15)2)22-23-20(24)29-12-18(25)21-16-11-14(26-3)6-7-17(16)27-4/h6-8,10-11H,5,9,12H2,1-4H3,(H,21,25). The second-order valence-electron chi connectivity index (χ2n) is 6.25. The van der Waals surface area contributed by atoms with E-state index in [2.05, 4.69) is 22.4 Å². The molecule has 0 aliphatic heterocycles. The summed E-state index contributed by atoms with van der Waals surface area (Å²) in [5.41, 5.74) is 1.46. The van der Waals surface area contributed by atoms with E-state index >= 15 is 0 Å². The highest BCUT2D eigenvalue weighted by Gasteiger charge is 2.18. The van der Waals surface area contributed by atoms with Crippen molar-refractivity contribution in [1.29, 1.82) is 0 Å². The molecule has 154 valence electrons. The van der Waals surface area contributed by atoms with E-state index in [9.17, 15) is 4.79 Å². The van der Waals surface area contributed by atoms with Crippen molar-refractivity contribution >= 4 is 23.4 Å². The topological polar surface area (TPSA) is 91.4 Å². The zero-order valence-electron chi connectivity index (χ0n) is 16.9. The van der Waals surface area contributed by atoms with Gasteiger partial charge in [-0.05, 0) is 31.5 Å². The Labute approximate surface area is 173 Å². The van der Waals surface area contributed by atoms with Crippen molar-refractivity contribution in [3.8, 4) is 22.9 Å². The lowest BCUT2D eigenvalue weighted by Crippen LogP contribution is -2.15. The number of anilines is 1. The van der Waals surface area contributed by atoms with E-state index in [0.717, 1.165) is 30.1 Å². The lowest BCUT2D eigenvalue weighted by atomic mass is 10.2. The van der Waals surface area contributed by atoms with Gasteiger partial charge in [-0.2, -0.15) is 0 Å². The molecule has 1 amide bonds. The van der Waals surface area contributed by atoms with E-state index in [-0.39, 0.29) is 11.7 Å². The molecule has 3 rings (SSSR count). The Kier molecular flexibility index (Phi) is 6.82. The average Bonchev–Trinajstić information content (AvgIpc) is 3.32. The summed E-state index contributed by atoms with van der Waals surface area (Å²) in [6.07, 6.45) is 2.56. The molecular weight excluding hydrogens is 392 g/mol. The zero-order valence-corrected chi connectivity index (χ0v) is 17.7. The van der Waals surface area contributed by atoms with Gasteiger partial charge >= 0.3 is 0 Å². The van der Waals surface area contributed by atoms with E-state index in [1.165, 1.54) is 11.8 Å². The Balaban J connectivity index is 1.72. The summed E-state index contributed by atoms with van der Waals surface area (Å²) in [5.74, 6) is 2.75. The van der Waals surface area contributed by atoms with Gasteiger partial charge in [-0.15, -0.1) is 10.2 Å². The number of aryl methyl sites for hydroxylation is 1. The molecule has 0 saturated carbocycles. The number of carbonyl (C=O) groups excluding carboxylic acids is 1. The van der Waals surface area contributed by atoms with Crippen LogP contribution in [0.1, 0.15) is 19.1 Å². The molecule has 9 heteroatoms. The number of nitrogens with zero attached hydrogens (tertiary/aromatic N) is 3. The lowest BCUT2D eigenvalue weighted by molar-refractivity contribution is -0.113. The van der Waals surface area contributed by atoms with Crippen molar-refractivity contribution in [2.45, 2.75) is 32.0 Å². The molecule has 8 nitrogen and oxygen atoms in total.